The van der Waals surface area contributed by atoms with Crippen LogP contribution in [-0.4, -0.2) is 48.3 Å². The minimum Gasteiger partial charge on any atom is -0.388 e. The van der Waals surface area contributed by atoms with Gasteiger partial charge in [0.15, 0.2) is 0 Å². The van der Waals surface area contributed by atoms with Crippen LogP contribution < -0.4 is 5.32 Å². The standard InChI is InChI=1S/C16H34N2O/c1-14(2)5-11-18(12-6-15(3)4)13-16(19)7-9-17-10-8-16/h14-15,17,19H,5-13H2,1-4H3. The van der Waals surface area contributed by atoms with E-state index in [1.807, 2.05) is 0 Å². The van der Waals surface area contributed by atoms with Gasteiger partial charge in [0.25, 0.3) is 0 Å². The Bertz CT molecular complexity index is 223. The lowest BCUT2D eigenvalue weighted by atomic mass is 9.91. The number of piperidine rings is 1. The molecule has 1 saturated heterocycles. The van der Waals surface area contributed by atoms with Crippen molar-refractivity contribution in [2.75, 3.05) is 32.7 Å². The Hall–Kier alpha value is -0.120. The molecule has 19 heavy (non-hydrogen) atoms. The fraction of sp³-hybridized carbons (Fsp3) is 1.00. The molecule has 0 radical (unpaired) electrons. The molecule has 0 unspecified atom stereocenters. The maximum Gasteiger partial charge on any atom is 0.0798 e. The normalized spacial score (nSPS) is 19.6. The number of nitrogens with one attached hydrogen (secondary N) is 1. The molecule has 2 N–H and O–H groups in total. The van der Waals surface area contributed by atoms with Crippen molar-refractivity contribution >= 4 is 0 Å². The Labute approximate surface area is 119 Å². The average Bonchev–Trinajstić information content (AvgIpc) is 2.33. The number of aliphatic hydroxyl groups is 1. The van der Waals surface area contributed by atoms with Crippen LogP contribution in [0.5, 0.6) is 0 Å². The lowest BCUT2D eigenvalue weighted by molar-refractivity contribution is -0.0225. The second-order valence-electron chi connectivity index (χ2n) is 7.12. The Morgan fingerprint density at radius 1 is 1.00 bits per heavy atom. The predicted octanol–water partition coefficient (Wildman–Crippen LogP) is 2.50. The van der Waals surface area contributed by atoms with E-state index in [0.717, 1.165) is 57.4 Å². The van der Waals surface area contributed by atoms with Gasteiger partial charge in [0.1, 0.15) is 0 Å². The molecule has 0 aromatic heterocycles. The molecule has 1 aliphatic rings. The van der Waals surface area contributed by atoms with Gasteiger partial charge in [-0.15, -0.1) is 0 Å². The van der Waals surface area contributed by atoms with Crippen LogP contribution in [0.1, 0.15) is 53.4 Å². The van der Waals surface area contributed by atoms with Gasteiger partial charge >= 0.3 is 0 Å². The van der Waals surface area contributed by atoms with Crippen molar-refractivity contribution in [3.05, 3.63) is 0 Å². The zero-order valence-electron chi connectivity index (χ0n) is 13.4. The van der Waals surface area contributed by atoms with Crippen molar-refractivity contribution < 1.29 is 5.11 Å². The van der Waals surface area contributed by atoms with Crippen molar-refractivity contribution in [1.29, 1.82) is 0 Å². The van der Waals surface area contributed by atoms with Crippen LogP contribution in [0.4, 0.5) is 0 Å². The molecule has 1 aliphatic heterocycles. The third-order valence-electron chi connectivity index (χ3n) is 4.10. The van der Waals surface area contributed by atoms with E-state index in [9.17, 15) is 5.11 Å². The molecule has 0 spiro atoms. The molecular weight excluding hydrogens is 236 g/mol. The molecule has 1 fully saturated rings. The zero-order chi connectivity index (χ0) is 14.3. The van der Waals surface area contributed by atoms with Crippen molar-refractivity contribution in [2.24, 2.45) is 11.8 Å². The van der Waals surface area contributed by atoms with Gasteiger partial charge in [0.05, 0.1) is 5.60 Å². The second-order valence-corrected chi connectivity index (χ2v) is 7.12. The number of hydrogen-bond acceptors (Lipinski definition) is 3. The lowest BCUT2D eigenvalue weighted by Crippen LogP contribution is -2.50. The largest absolute Gasteiger partial charge is 0.388 e. The summed E-state index contributed by atoms with van der Waals surface area (Å²) in [6, 6.07) is 0. The summed E-state index contributed by atoms with van der Waals surface area (Å²) >= 11 is 0. The predicted molar refractivity (Wildman–Crippen MR) is 82.4 cm³/mol. The summed E-state index contributed by atoms with van der Waals surface area (Å²) in [4.78, 5) is 2.49. The van der Waals surface area contributed by atoms with E-state index < -0.39 is 5.60 Å². The van der Waals surface area contributed by atoms with E-state index in [0.29, 0.717) is 0 Å². The average molecular weight is 270 g/mol. The second kappa shape index (κ2) is 8.23. The first kappa shape index (κ1) is 16.9. The topological polar surface area (TPSA) is 35.5 Å². The Balaban J connectivity index is 2.46. The molecule has 1 heterocycles. The van der Waals surface area contributed by atoms with Crippen molar-refractivity contribution in [1.82, 2.24) is 10.2 Å². The highest BCUT2D eigenvalue weighted by molar-refractivity contribution is 4.87. The van der Waals surface area contributed by atoms with E-state index >= 15 is 0 Å². The Morgan fingerprint density at radius 3 is 1.89 bits per heavy atom. The van der Waals surface area contributed by atoms with Gasteiger partial charge in [-0.1, -0.05) is 27.7 Å². The molecule has 0 atom stereocenters. The van der Waals surface area contributed by atoms with E-state index in [1.54, 1.807) is 0 Å². The highest BCUT2D eigenvalue weighted by atomic mass is 16.3. The summed E-state index contributed by atoms with van der Waals surface area (Å²) in [5.74, 6) is 1.48. The van der Waals surface area contributed by atoms with Crippen LogP contribution in [-0.2, 0) is 0 Å². The summed E-state index contributed by atoms with van der Waals surface area (Å²) in [5.41, 5.74) is -0.459. The molecule has 3 heteroatoms. The molecule has 0 saturated carbocycles. The lowest BCUT2D eigenvalue weighted by Gasteiger charge is -2.37. The van der Waals surface area contributed by atoms with Gasteiger partial charge in [-0.25, -0.2) is 0 Å². The molecule has 0 amide bonds. The zero-order valence-corrected chi connectivity index (χ0v) is 13.4. The third kappa shape index (κ3) is 7.28. The summed E-state index contributed by atoms with van der Waals surface area (Å²) in [5, 5.41) is 14.0. The number of nitrogens with zero attached hydrogens (tertiary/aromatic N) is 1. The first-order valence-electron chi connectivity index (χ1n) is 8.07. The van der Waals surface area contributed by atoms with E-state index in [2.05, 4.69) is 37.9 Å². The van der Waals surface area contributed by atoms with E-state index in [1.165, 1.54) is 12.8 Å². The molecule has 0 aromatic carbocycles. The van der Waals surface area contributed by atoms with Gasteiger partial charge in [0.2, 0.25) is 0 Å². The van der Waals surface area contributed by atoms with Gasteiger partial charge < -0.3 is 15.3 Å². The van der Waals surface area contributed by atoms with Crippen molar-refractivity contribution in [2.45, 2.75) is 59.0 Å². The van der Waals surface area contributed by atoms with Crippen LogP contribution >= 0.6 is 0 Å². The van der Waals surface area contributed by atoms with Crippen molar-refractivity contribution in [3.63, 3.8) is 0 Å². The highest BCUT2D eigenvalue weighted by Crippen LogP contribution is 2.20. The molecule has 1 rings (SSSR count). The highest BCUT2D eigenvalue weighted by Gasteiger charge is 2.31. The molecule has 0 aromatic rings. The van der Waals surface area contributed by atoms with E-state index in [4.69, 9.17) is 0 Å². The number of rotatable bonds is 8. The Morgan fingerprint density at radius 2 is 1.47 bits per heavy atom. The van der Waals surface area contributed by atoms with Gasteiger partial charge in [-0.2, -0.15) is 0 Å². The van der Waals surface area contributed by atoms with Crippen LogP contribution in [0.25, 0.3) is 0 Å². The molecular formula is C16H34N2O. The SMILES string of the molecule is CC(C)CCN(CCC(C)C)CC1(O)CCNCC1. The summed E-state index contributed by atoms with van der Waals surface area (Å²) in [7, 11) is 0. The fourth-order valence-corrected chi connectivity index (χ4v) is 2.62. The first-order chi connectivity index (χ1) is 8.91. The first-order valence-corrected chi connectivity index (χ1v) is 8.07. The van der Waals surface area contributed by atoms with Crippen molar-refractivity contribution in [3.8, 4) is 0 Å². The fourth-order valence-electron chi connectivity index (χ4n) is 2.62. The smallest absolute Gasteiger partial charge is 0.0798 e. The van der Waals surface area contributed by atoms with Crippen LogP contribution in [0, 0.1) is 11.8 Å². The third-order valence-corrected chi connectivity index (χ3v) is 4.10. The summed E-state index contributed by atoms with van der Waals surface area (Å²) < 4.78 is 0. The Kier molecular flexibility index (Phi) is 7.33. The maximum absolute atomic E-state index is 10.7. The van der Waals surface area contributed by atoms with Crippen LogP contribution in [0.15, 0.2) is 0 Å². The summed E-state index contributed by atoms with van der Waals surface area (Å²) in [6.07, 6.45) is 4.25. The molecule has 3 nitrogen and oxygen atoms in total. The van der Waals surface area contributed by atoms with Crippen LogP contribution in [0.2, 0.25) is 0 Å². The van der Waals surface area contributed by atoms with Crippen LogP contribution in [0.3, 0.4) is 0 Å². The summed E-state index contributed by atoms with van der Waals surface area (Å²) in [6.45, 7) is 14.1. The molecule has 114 valence electrons. The van der Waals surface area contributed by atoms with Gasteiger partial charge in [-0.05, 0) is 63.7 Å². The minimum absolute atomic E-state index is 0.459. The van der Waals surface area contributed by atoms with Gasteiger partial charge in [-0.3, -0.25) is 0 Å². The maximum atomic E-state index is 10.7. The van der Waals surface area contributed by atoms with Gasteiger partial charge in [0, 0.05) is 6.54 Å². The molecule has 0 aliphatic carbocycles. The van der Waals surface area contributed by atoms with E-state index in [-0.39, 0.29) is 0 Å². The molecule has 0 bridgehead atoms. The number of hydrogen-bond donors (Lipinski definition) is 2. The monoisotopic (exact) mass is 270 g/mol. The quantitative estimate of drug-likeness (QED) is 0.711. The minimum atomic E-state index is -0.459.